The lowest BCUT2D eigenvalue weighted by molar-refractivity contribution is 0.199. The molecular formula is C10H15BrN2O. The molecule has 0 saturated carbocycles. The van der Waals surface area contributed by atoms with E-state index in [2.05, 4.69) is 33.1 Å². The fraction of sp³-hybridized carbons (Fsp3) is 0.600. The summed E-state index contributed by atoms with van der Waals surface area (Å²) in [6.07, 6.45) is 1.82. The molecule has 1 N–H and O–H groups in total. The van der Waals surface area contributed by atoms with E-state index in [4.69, 9.17) is 4.42 Å². The van der Waals surface area contributed by atoms with E-state index in [1.54, 1.807) is 0 Å². The lowest BCUT2D eigenvalue weighted by Crippen LogP contribution is -2.48. The van der Waals surface area contributed by atoms with Gasteiger partial charge < -0.3 is 9.73 Å². The van der Waals surface area contributed by atoms with Gasteiger partial charge in [0.1, 0.15) is 0 Å². The first-order valence-corrected chi connectivity index (χ1v) is 5.72. The Balaban J connectivity index is 1.90. The molecule has 14 heavy (non-hydrogen) atoms. The van der Waals surface area contributed by atoms with Gasteiger partial charge in [0.2, 0.25) is 0 Å². The maximum absolute atomic E-state index is 5.21. The maximum atomic E-state index is 5.21. The molecule has 0 spiro atoms. The summed E-state index contributed by atoms with van der Waals surface area (Å²) in [5.74, 6) is 0. The number of halogens is 1. The molecule has 3 nitrogen and oxygen atoms in total. The summed E-state index contributed by atoms with van der Waals surface area (Å²) < 4.78 is 6.02. The van der Waals surface area contributed by atoms with E-state index in [0.717, 1.165) is 30.8 Å². The minimum atomic E-state index is 0.596. The van der Waals surface area contributed by atoms with E-state index in [9.17, 15) is 0 Å². The largest absolute Gasteiger partial charge is 0.457 e. The molecule has 0 amide bonds. The highest BCUT2D eigenvalue weighted by molar-refractivity contribution is 9.10. The first kappa shape index (κ1) is 10.2. The number of nitrogens with one attached hydrogen (secondary N) is 1. The van der Waals surface area contributed by atoms with Gasteiger partial charge in [-0.25, -0.2) is 0 Å². The molecule has 0 bridgehead atoms. The fourth-order valence-electron chi connectivity index (χ4n) is 1.84. The van der Waals surface area contributed by atoms with Gasteiger partial charge in [0, 0.05) is 37.8 Å². The van der Waals surface area contributed by atoms with Crippen molar-refractivity contribution in [3.8, 4) is 0 Å². The number of hydrogen-bond acceptors (Lipinski definition) is 3. The van der Waals surface area contributed by atoms with E-state index in [1.165, 1.54) is 5.56 Å². The van der Waals surface area contributed by atoms with Crippen LogP contribution < -0.4 is 5.32 Å². The van der Waals surface area contributed by atoms with Gasteiger partial charge in [0.15, 0.2) is 4.67 Å². The number of furan rings is 1. The van der Waals surface area contributed by atoms with Gasteiger partial charge in [-0.05, 0) is 28.9 Å². The number of rotatable bonds is 2. The van der Waals surface area contributed by atoms with Crippen LogP contribution >= 0.6 is 15.9 Å². The van der Waals surface area contributed by atoms with Gasteiger partial charge >= 0.3 is 0 Å². The van der Waals surface area contributed by atoms with Crippen LogP contribution in [0.4, 0.5) is 0 Å². The third kappa shape index (κ3) is 2.59. The number of piperazine rings is 1. The van der Waals surface area contributed by atoms with Crippen LogP contribution in [0.5, 0.6) is 0 Å². The first-order valence-electron chi connectivity index (χ1n) is 4.92. The number of hydrogen-bond donors (Lipinski definition) is 1. The van der Waals surface area contributed by atoms with E-state index in [-0.39, 0.29) is 0 Å². The molecule has 0 radical (unpaired) electrons. The van der Waals surface area contributed by atoms with Crippen molar-refractivity contribution >= 4 is 15.9 Å². The summed E-state index contributed by atoms with van der Waals surface area (Å²) in [5.41, 5.74) is 1.24. The Bertz CT molecular complexity index is 300. The summed E-state index contributed by atoms with van der Waals surface area (Å²) in [6, 6.07) is 2.63. The van der Waals surface area contributed by atoms with Crippen molar-refractivity contribution < 1.29 is 4.42 Å². The molecule has 0 unspecified atom stereocenters. The fourth-order valence-corrected chi connectivity index (χ4v) is 2.23. The summed E-state index contributed by atoms with van der Waals surface area (Å²) in [5, 5.41) is 3.43. The van der Waals surface area contributed by atoms with Crippen molar-refractivity contribution in [1.29, 1.82) is 0 Å². The lowest BCUT2D eigenvalue weighted by Gasteiger charge is -2.31. The minimum Gasteiger partial charge on any atom is -0.457 e. The zero-order valence-corrected chi connectivity index (χ0v) is 9.88. The molecule has 1 aliphatic heterocycles. The molecule has 2 rings (SSSR count). The van der Waals surface area contributed by atoms with Gasteiger partial charge in [0.25, 0.3) is 0 Å². The molecule has 1 aliphatic rings. The van der Waals surface area contributed by atoms with Crippen molar-refractivity contribution in [3.05, 3.63) is 22.6 Å². The smallest absolute Gasteiger partial charge is 0.169 e. The zero-order chi connectivity index (χ0) is 9.97. The Morgan fingerprint density at radius 3 is 3.21 bits per heavy atom. The van der Waals surface area contributed by atoms with E-state index < -0.39 is 0 Å². The van der Waals surface area contributed by atoms with Crippen molar-refractivity contribution in [3.63, 3.8) is 0 Å². The van der Waals surface area contributed by atoms with E-state index >= 15 is 0 Å². The average molecular weight is 259 g/mol. The van der Waals surface area contributed by atoms with Crippen LogP contribution in [0.1, 0.15) is 12.5 Å². The summed E-state index contributed by atoms with van der Waals surface area (Å²) in [4.78, 5) is 2.44. The van der Waals surface area contributed by atoms with Crippen LogP contribution in [0.2, 0.25) is 0 Å². The van der Waals surface area contributed by atoms with Crippen LogP contribution in [-0.4, -0.2) is 30.6 Å². The van der Waals surface area contributed by atoms with Crippen LogP contribution in [0.15, 0.2) is 21.4 Å². The summed E-state index contributed by atoms with van der Waals surface area (Å²) in [7, 11) is 0. The molecule has 1 atom stereocenters. The highest BCUT2D eigenvalue weighted by atomic mass is 79.9. The normalized spacial score (nSPS) is 24.0. The Kier molecular flexibility index (Phi) is 3.26. The quantitative estimate of drug-likeness (QED) is 0.878. The lowest BCUT2D eigenvalue weighted by atomic mass is 10.2. The Hall–Kier alpha value is -0.320. The highest BCUT2D eigenvalue weighted by Gasteiger charge is 2.15. The van der Waals surface area contributed by atoms with E-state index in [1.807, 2.05) is 12.3 Å². The van der Waals surface area contributed by atoms with E-state index in [0.29, 0.717) is 6.04 Å². The van der Waals surface area contributed by atoms with Gasteiger partial charge in [-0.2, -0.15) is 0 Å². The summed E-state index contributed by atoms with van der Waals surface area (Å²) in [6.45, 7) is 6.52. The van der Waals surface area contributed by atoms with Crippen molar-refractivity contribution in [1.82, 2.24) is 10.2 Å². The predicted molar refractivity (Wildman–Crippen MR) is 59.1 cm³/mol. The molecule has 1 aromatic heterocycles. The third-order valence-corrected chi connectivity index (χ3v) is 2.90. The molecule has 4 heteroatoms. The molecular weight excluding hydrogens is 244 g/mol. The molecule has 78 valence electrons. The molecule has 1 saturated heterocycles. The maximum Gasteiger partial charge on any atom is 0.169 e. The molecule has 2 heterocycles. The molecule has 1 aromatic rings. The third-order valence-electron chi connectivity index (χ3n) is 2.48. The van der Waals surface area contributed by atoms with Crippen molar-refractivity contribution in [2.75, 3.05) is 19.6 Å². The Labute approximate surface area is 92.6 Å². The predicted octanol–water partition coefficient (Wildman–Crippen LogP) is 1.84. The van der Waals surface area contributed by atoms with Crippen LogP contribution in [0.3, 0.4) is 0 Å². The summed E-state index contributed by atoms with van der Waals surface area (Å²) >= 11 is 3.31. The molecule has 0 aromatic carbocycles. The molecule has 0 aliphatic carbocycles. The second kappa shape index (κ2) is 4.47. The number of nitrogens with zero attached hydrogens (tertiary/aromatic N) is 1. The van der Waals surface area contributed by atoms with Crippen LogP contribution in [0, 0.1) is 0 Å². The Morgan fingerprint density at radius 2 is 2.57 bits per heavy atom. The highest BCUT2D eigenvalue weighted by Crippen LogP contribution is 2.16. The topological polar surface area (TPSA) is 28.4 Å². The Morgan fingerprint density at radius 1 is 1.71 bits per heavy atom. The minimum absolute atomic E-state index is 0.596. The zero-order valence-electron chi connectivity index (χ0n) is 8.29. The first-order chi connectivity index (χ1) is 6.74. The van der Waals surface area contributed by atoms with Gasteiger partial charge in [-0.15, -0.1) is 0 Å². The molecule has 1 fully saturated rings. The standard InChI is InChI=1S/C10H15BrN2O/c1-8-5-13(3-2-12-8)6-9-4-10(11)14-7-9/h4,7-8,12H,2-3,5-6H2,1H3/t8-/m0/s1. The van der Waals surface area contributed by atoms with Gasteiger partial charge in [0.05, 0.1) is 6.26 Å². The monoisotopic (exact) mass is 258 g/mol. The van der Waals surface area contributed by atoms with Crippen LogP contribution in [0.25, 0.3) is 0 Å². The van der Waals surface area contributed by atoms with Crippen LogP contribution in [-0.2, 0) is 6.54 Å². The van der Waals surface area contributed by atoms with Gasteiger partial charge in [-0.3, -0.25) is 4.90 Å². The second-order valence-corrected chi connectivity index (χ2v) is 4.63. The SMILES string of the molecule is C[C@H]1CN(Cc2coc(Br)c2)CCN1. The van der Waals surface area contributed by atoms with Crippen molar-refractivity contribution in [2.24, 2.45) is 0 Å². The van der Waals surface area contributed by atoms with Gasteiger partial charge in [-0.1, -0.05) is 0 Å². The van der Waals surface area contributed by atoms with Crippen molar-refractivity contribution in [2.45, 2.75) is 19.5 Å². The average Bonchev–Trinajstić information content (AvgIpc) is 2.51. The second-order valence-electron chi connectivity index (χ2n) is 3.85.